The van der Waals surface area contributed by atoms with Gasteiger partial charge in [0.25, 0.3) is 0 Å². The van der Waals surface area contributed by atoms with Gasteiger partial charge >= 0.3 is 0 Å². The Morgan fingerprint density at radius 1 is 0.923 bits per heavy atom. The van der Waals surface area contributed by atoms with Crippen LogP contribution in [0.2, 0.25) is 0 Å². The Balaban J connectivity index is 2.93. The average molecular weight is 182 g/mol. The maximum Gasteiger partial charge on any atom is 0.108 e. The number of rotatable bonds is 4. The summed E-state index contributed by atoms with van der Waals surface area (Å²) in [5, 5.41) is 0. The van der Waals surface area contributed by atoms with Crippen LogP contribution in [-0.2, 0) is 13.1 Å². The van der Waals surface area contributed by atoms with Gasteiger partial charge < -0.3 is 4.42 Å². The molecular formula is C10H18N2O. The SMILES string of the molecule is CCCn1ccoccn1CCC. The van der Waals surface area contributed by atoms with Gasteiger partial charge in [-0.2, -0.15) is 0 Å². The van der Waals surface area contributed by atoms with Crippen LogP contribution in [0, 0.1) is 0 Å². The van der Waals surface area contributed by atoms with Crippen LogP contribution in [0.3, 0.4) is 0 Å². The van der Waals surface area contributed by atoms with Gasteiger partial charge in [0.05, 0.1) is 12.4 Å². The summed E-state index contributed by atoms with van der Waals surface area (Å²) in [5.41, 5.74) is 0. The molecule has 0 aliphatic carbocycles. The summed E-state index contributed by atoms with van der Waals surface area (Å²) in [5.74, 6) is 0. The van der Waals surface area contributed by atoms with Crippen molar-refractivity contribution in [2.45, 2.75) is 39.8 Å². The van der Waals surface area contributed by atoms with Crippen molar-refractivity contribution in [3.05, 3.63) is 24.9 Å². The third-order valence-corrected chi connectivity index (χ3v) is 1.86. The molecule has 0 saturated heterocycles. The highest BCUT2D eigenvalue weighted by molar-refractivity contribution is 4.69. The highest BCUT2D eigenvalue weighted by Gasteiger charge is 1.91. The van der Waals surface area contributed by atoms with Crippen molar-refractivity contribution in [1.29, 1.82) is 0 Å². The Kier molecular flexibility index (Phi) is 4.23. The van der Waals surface area contributed by atoms with Crippen molar-refractivity contribution in [1.82, 2.24) is 9.36 Å². The zero-order valence-corrected chi connectivity index (χ0v) is 8.44. The number of hydrogen-bond donors (Lipinski definition) is 0. The Hall–Kier alpha value is -1.12. The van der Waals surface area contributed by atoms with E-state index in [1.807, 2.05) is 12.4 Å². The van der Waals surface area contributed by atoms with E-state index in [-0.39, 0.29) is 0 Å². The van der Waals surface area contributed by atoms with Crippen LogP contribution in [0.1, 0.15) is 26.7 Å². The molecule has 1 heterocycles. The van der Waals surface area contributed by atoms with Crippen LogP contribution in [0.15, 0.2) is 29.3 Å². The summed E-state index contributed by atoms with van der Waals surface area (Å²) in [4.78, 5) is 0. The van der Waals surface area contributed by atoms with E-state index >= 15 is 0 Å². The number of hydrogen-bond acceptors (Lipinski definition) is 1. The topological polar surface area (TPSA) is 23.0 Å². The minimum absolute atomic E-state index is 1.03. The van der Waals surface area contributed by atoms with Crippen LogP contribution in [0.25, 0.3) is 0 Å². The Morgan fingerprint density at radius 3 is 1.77 bits per heavy atom. The second-order valence-corrected chi connectivity index (χ2v) is 3.03. The molecule has 0 amide bonds. The molecule has 0 aliphatic rings. The van der Waals surface area contributed by atoms with E-state index in [0.29, 0.717) is 0 Å². The first-order valence-corrected chi connectivity index (χ1v) is 4.90. The molecule has 0 bridgehead atoms. The van der Waals surface area contributed by atoms with Gasteiger partial charge in [-0.05, 0) is 12.8 Å². The lowest BCUT2D eigenvalue weighted by Gasteiger charge is -2.12. The second kappa shape index (κ2) is 5.51. The third-order valence-electron chi connectivity index (χ3n) is 1.86. The number of nitrogens with zero attached hydrogens (tertiary/aromatic N) is 2. The molecule has 0 N–H and O–H groups in total. The number of aryl methyl sites for hydroxylation is 2. The van der Waals surface area contributed by atoms with Crippen molar-refractivity contribution in [3.8, 4) is 0 Å². The first kappa shape index (κ1) is 9.96. The van der Waals surface area contributed by atoms with Crippen LogP contribution < -0.4 is 0 Å². The fourth-order valence-electron chi connectivity index (χ4n) is 1.29. The third kappa shape index (κ3) is 3.01. The maximum absolute atomic E-state index is 5.10. The molecule has 0 fully saturated rings. The van der Waals surface area contributed by atoms with E-state index in [1.165, 1.54) is 0 Å². The van der Waals surface area contributed by atoms with E-state index in [2.05, 4.69) is 23.2 Å². The lowest BCUT2D eigenvalue weighted by atomic mass is 10.5. The lowest BCUT2D eigenvalue weighted by Crippen LogP contribution is -2.13. The minimum Gasteiger partial charge on any atom is -0.469 e. The largest absolute Gasteiger partial charge is 0.469 e. The van der Waals surface area contributed by atoms with E-state index < -0.39 is 0 Å². The fourth-order valence-corrected chi connectivity index (χ4v) is 1.29. The molecule has 0 aromatic carbocycles. The monoisotopic (exact) mass is 182 g/mol. The molecule has 0 spiro atoms. The molecule has 13 heavy (non-hydrogen) atoms. The van der Waals surface area contributed by atoms with Gasteiger partial charge in [0.2, 0.25) is 0 Å². The van der Waals surface area contributed by atoms with Gasteiger partial charge in [0.15, 0.2) is 0 Å². The van der Waals surface area contributed by atoms with E-state index in [1.54, 1.807) is 12.5 Å². The van der Waals surface area contributed by atoms with Gasteiger partial charge in [0.1, 0.15) is 12.5 Å². The molecular weight excluding hydrogens is 164 g/mol. The normalized spacial score (nSPS) is 10.0. The zero-order valence-electron chi connectivity index (χ0n) is 8.44. The molecule has 0 radical (unpaired) electrons. The van der Waals surface area contributed by atoms with Crippen LogP contribution in [-0.4, -0.2) is 9.36 Å². The van der Waals surface area contributed by atoms with Gasteiger partial charge in [-0.25, -0.2) is 0 Å². The van der Waals surface area contributed by atoms with E-state index in [0.717, 1.165) is 25.9 Å². The molecule has 3 heteroatoms. The van der Waals surface area contributed by atoms with Crippen LogP contribution in [0.5, 0.6) is 0 Å². The van der Waals surface area contributed by atoms with Gasteiger partial charge in [-0.3, -0.25) is 9.36 Å². The van der Waals surface area contributed by atoms with Gasteiger partial charge in [-0.15, -0.1) is 0 Å². The first-order chi connectivity index (χ1) is 6.38. The molecule has 74 valence electrons. The summed E-state index contributed by atoms with van der Waals surface area (Å²) in [6.07, 6.45) is 9.64. The van der Waals surface area contributed by atoms with Crippen LogP contribution >= 0.6 is 0 Å². The highest BCUT2D eigenvalue weighted by atomic mass is 16.3. The second-order valence-electron chi connectivity index (χ2n) is 3.03. The smallest absolute Gasteiger partial charge is 0.108 e. The summed E-state index contributed by atoms with van der Waals surface area (Å²) in [6.45, 7) is 6.41. The van der Waals surface area contributed by atoms with Gasteiger partial charge in [-0.1, -0.05) is 13.8 Å². The van der Waals surface area contributed by atoms with Crippen molar-refractivity contribution < 1.29 is 4.42 Å². The van der Waals surface area contributed by atoms with Crippen molar-refractivity contribution >= 4 is 0 Å². The quantitative estimate of drug-likeness (QED) is 0.702. The summed E-state index contributed by atoms with van der Waals surface area (Å²) < 4.78 is 9.45. The molecule has 0 atom stereocenters. The standard InChI is InChI=1S/C10H18N2O/c1-3-5-11-7-9-13-10-8-12(11)6-4-2/h7-10H,3-6H2,1-2H3. The lowest BCUT2D eigenvalue weighted by molar-refractivity contribution is 0.436. The molecule has 0 unspecified atom stereocenters. The Labute approximate surface area is 79.3 Å². The predicted octanol–water partition coefficient (Wildman–Crippen LogP) is 2.83. The first-order valence-electron chi connectivity index (χ1n) is 4.90. The van der Waals surface area contributed by atoms with Crippen molar-refractivity contribution in [2.24, 2.45) is 0 Å². The summed E-state index contributed by atoms with van der Waals surface area (Å²) in [6, 6.07) is 0. The summed E-state index contributed by atoms with van der Waals surface area (Å²) >= 11 is 0. The van der Waals surface area contributed by atoms with E-state index in [9.17, 15) is 0 Å². The zero-order chi connectivity index (χ0) is 9.52. The molecule has 1 aromatic heterocycles. The fraction of sp³-hybridized carbons (Fsp3) is 0.600. The Bertz CT molecular complexity index is 243. The van der Waals surface area contributed by atoms with E-state index in [4.69, 9.17) is 4.42 Å². The molecule has 1 rings (SSSR count). The van der Waals surface area contributed by atoms with Crippen molar-refractivity contribution in [2.75, 3.05) is 0 Å². The Morgan fingerprint density at radius 2 is 1.38 bits per heavy atom. The van der Waals surface area contributed by atoms with Crippen molar-refractivity contribution in [3.63, 3.8) is 0 Å². The molecule has 1 aromatic rings. The van der Waals surface area contributed by atoms with Gasteiger partial charge in [0, 0.05) is 13.1 Å². The predicted molar refractivity (Wildman–Crippen MR) is 52.9 cm³/mol. The number of aromatic nitrogens is 2. The molecule has 0 saturated carbocycles. The maximum atomic E-state index is 5.10. The summed E-state index contributed by atoms with van der Waals surface area (Å²) in [7, 11) is 0. The average Bonchev–Trinajstić information content (AvgIpc) is 2.33. The van der Waals surface area contributed by atoms with Crippen LogP contribution in [0.4, 0.5) is 0 Å². The molecule has 3 nitrogen and oxygen atoms in total. The molecule has 0 aliphatic heterocycles. The highest BCUT2D eigenvalue weighted by Crippen LogP contribution is 1.94. The minimum atomic E-state index is 1.03.